The Morgan fingerprint density at radius 2 is 1.70 bits per heavy atom. The van der Waals surface area contributed by atoms with Crippen molar-refractivity contribution in [2.24, 2.45) is 0 Å². The number of nitrogens with one attached hydrogen (secondary N) is 1. The minimum atomic E-state index is -0.280. The predicted molar refractivity (Wildman–Crippen MR) is 106 cm³/mol. The van der Waals surface area contributed by atoms with E-state index >= 15 is 0 Å². The van der Waals surface area contributed by atoms with Crippen LogP contribution in [0.5, 0.6) is 5.75 Å². The Bertz CT molecular complexity index is 882. The summed E-state index contributed by atoms with van der Waals surface area (Å²) < 4.78 is 5.25. The number of ether oxygens (including phenoxy) is 1. The van der Waals surface area contributed by atoms with Crippen molar-refractivity contribution in [3.05, 3.63) is 78.1 Å². The first-order valence-electron chi connectivity index (χ1n) is 8.76. The van der Waals surface area contributed by atoms with Crippen molar-refractivity contribution < 1.29 is 9.53 Å². The van der Waals surface area contributed by atoms with E-state index < -0.39 is 0 Å². The molecule has 0 unspecified atom stereocenters. The monoisotopic (exact) mass is 362 g/mol. The van der Waals surface area contributed by atoms with Crippen molar-refractivity contribution in [2.75, 3.05) is 23.9 Å². The second kappa shape index (κ2) is 8.80. The van der Waals surface area contributed by atoms with Gasteiger partial charge in [-0.2, -0.15) is 0 Å². The number of rotatable bonds is 7. The van der Waals surface area contributed by atoms with Crippen molar-refractivity contribution in [1.29, 1.82) is 0 Å². The van der Waals surface area contributed by atoms with Gasteiger partial charge in [-0.05, 0) is 24.6 Å². The van der Waals surface area contributed by atoms with Gasteiger partial charge in [-0.15, -0.1) is 0 Å². The van der Waals surface area contributed by atoms with Crippen LogP contribution in [0.15, 0.2) is 67.0 Å². The van der Waals surface area contributed by atoms with Crippen molar-refractivity contribution in [1.82, 2.24) is 9.97 Å². The maximum absolute atomic E-state index is 12.5. The molecule has 0 atom stereocenters. The number of nitrogens with zero attached hydrogens (tertiary/aromatic N) is 3. The Morgan fingerprint density at radius 1 is 1.04 bits per heavy atom. The maximum Gasteiger partial charge on any atom is 0.258 e. The summed E-state index contributed by atoms with van der Waals surface area (Å²) in [5.41, 5.74) is 2.18. The van der Waals surface area contributed by atoms with Crippen molar-refractivity contribution in [2.45, 2.75) is 13.5 Å². The Hall–Kier alpha value is -3.41. The van der Waals surface area contributed by atoms with Gasteiger partial charge in [0, 0.05) is 25.5 Å². The molecular weight excluding hydrogens is 340 g/mol. The third-order valence-electron chi connectivity index (χ3n) is 4.14. The molecule has 0 aliphatic rings. The van der Waals surface area contributed by atoms with Crippen LogP contribution in [0, 0.1) is 0 Å². The fourth-order valence-corrected chi connectivity index (χ4v) is 2.67. The standard InChI is InChI=1S/C21H22N4O2/c1-3-25(15-16-9-5-4-6-10-16)21-22-13-17(14-23-21)20(26)24-18-11-7-8-12-19(18)27-2/h4-14H,3,15H2,1-2H3,(H,24,26). The van der Waals surface area contributed by atoms with E-state index in [-0.39, 0.29) is 5.91 Å². The van der Waals surface area contributed by atoms with Crippen LogP contribution >= 0.6 is 0 Å². The van der Waals surface area contributed by atoms with Gasteiger partial charge in [-0.1, -0.05) is 42.5 Å². The Kier molecular flexibility index (Phi) is 5.99. The lowest BCUT2D eigenvalue weighted by molar-refractivity contribution is 0.102. The highest BCUT2D eigenvalue weighted by Gasteiger charge is 2.13. The largest absolute Gasteiger partial charge is 0.495 e. The number of amides is 1. The van der Waals surface area contributed by atoms with Crippen LogP contribution in [0.1, 0.15) is 22.8 Å². The Labute approximate surface area is 158 Å². The average molecular weight is 362 g/mol. The molecule has 0 fully saturated rings. The molecule has 3 rings (SSSR count). The molecule has 138 valence electrons. The molecule has 0 saturated heterocycles. The lowest BCUT2D eigenvalue weighted by Gasteiger charge is -2.20. The van der Waals surface area contributed by atoms with Crippen molar-refractivity contribution in [3.8, 4) is 5.75 Å². The summed E-state index contributed by atoms with van der Waals surface area (Å²) in [5, 5.41) is 2.82. The molecule has 0 aliphatic carbocycles. The molecule has 6 nitrogen and oxygen atoms in total. The Balaban J connectivity index is 1.71. The molecule has 0 bridgehead atoms. The predicted octanol–water partition coefficient (Wildman–Crippen LogP) is 3.76. The number of methoxy groups -OCH3 is 1. The number of carbonyl (C=O) groups is 1. The van der Waals surface area contributed by atoms with Crippen LogP contribution in [0.25, 0.3) is 0 Å². The third-order valence-corrected chi connectivity index (χ3v) is 4.14. The fraction of sp³-hybridized carbons (Fsp3) is 0.190. The number of para-hydroxylation sites is 2. The SMILES string of the molecule is CCN(Cc1ccccc1)c1ncc(C(=O)Nc2ccccc2OC)cn1. The van der Waals surface area contributed by atoms with Crippen molar-refractivity contribution >= 4 is 17.5 Å². The first kappa shape index (κ1) is 18.4. The van der Waals surface area contributed by atoms with Gasteiger partial charge >= 0.3 is 0 Å². The number of aromatic nitrogens is 2. The maximum atomic E-state index is 12.5. The van der Waals surface area contributed by atoms with Crippen LogP contribution in [-0.4, -0.2) is 29.5 Å². The van der Waals surface area contributed by atoms with Gasteiger partial charge in [-0.3, -0.25) is 4.79 Å². The molecule has 1 N–H and O–H groups in total. The van der Waals surface area contributed by atoms with Crippen LogP contribution in [-0.2, 0) is 6.54 Å². The van der Waals surface area contributed by atoms with Gasteiger partial charge in [-0.25, -0.2) is 9.97 Å². The number of carbonyl (C=O) groups excluding carboxylic acids is 1. The number of anilines is 2. The molecule has 1 amide bonds. The molecule has 2 aromatic carbocycles. The summed E-state index contributed by atoms with van der Waals surface area (Å²) in [5.74, 6) is 0.913. The molecule has 3 aromatic rings. The molecule has 27 heavy (non-hydrogen) atoms. The molecule has 1 heterocycles. The Morgan fingerprint density at radius 3 is 2.37 bits per heavy atom. The number of hydrogen-bond acceptors (Lipinski definition) is 5. The van der Waals surface area contributed by atoms with Gasteiger partial charge < -0.3 is 15.0 Å². The molecule has 6 heteroatoms. The lowest BCUT2D eigenvalue weighted by Crippen LogP contribution is -2.24. The van der Waals surface area contributed by atoms with Gasteiger partial charge in [0.25, 0.3) is 5.91 Å². The van der Waals surface area contributed by atoms with Crippen molar-refractivity contribution in [3.63, 3.8) is 0 Å². The number of benzene rings is 2. The molecule has 0 radical (unpaired) electrons. The van der Waals surface area contributed by atoms with Gasteiger partial charge in [0.2, 0.25) is 5.95 Å². The first-order valence-corrected chi connectivity index (χ1v) is 8.76. The molecule has 0 aliphatic heterocycles. The van der Waals surface area contributed by atoms with Crippen LogP contribution in [0.3, 0.4) is 0 Å². The highest BCUT2D eigenvalue weighted by Crippen LogP contribution is 2.23. The molecule has 0 spiro atoms. The van der Waals surface area contributed by atoms with Crippen LogP contribution in [0.4, 0.5) is 11.6 Å². The smallest absolute Gasteiger partial charge is 0.258 e. The molecule has 1 aromatic heterocycles. The van der Waals surface area contributed by atoms with E-state index in [0.29, 0.717) is 29.5 Å². The third kappa shape index (κ3) is 4.61. The summed E-state index contributed by atoms with van der Waals surface area (Å²) in [6, 6.07) is 17.4. The zero-order valence-corrected chi connectivity index (χ0v) is 15.4. The minimum absolute atomic E-state index is 0.280. The summed E-state index contributed by atoms with van der Waals surface area (Å²) in [4.78, 5) is 23.3. The van der Waals surface area contributed by atoms with E-state index in [1.165, 1.54) is 5.56 Å². The zero-order valence-electron chi connectivity index (χ0n) is 15.4. The quantitative estimate of drug-likeness (QED) is 0.693. The molecule has 0 saturated carbocycles. The van der Waals surface area contributed by atoms with E-state index in [2.05, 4.69) is 39.2 Å². The summed E-state index contributed by atoms with van der Waals surface area (Å²) in [6.45, 7) is 3.53. The van der Waals surface area contributed by atoms with Crippen LogP contribution in [0.2, 0.25) is 0 Å². The normalized spacial score (nSPS) is 10.3. The fourth-order valence-electron chi connectivity index (χ4n) is 2.67. The van der Waals surface area contributed by atoms with Gasteiger partial charge in [0.1, 0.15) is 5.75 Å². The highest BCUT2D eigenvalue weighted by atomic mass is 16.5. The van der Waals surface area contributed by atoms with E-state index in [1.807, 2.05) is 30.3 Å². The number of hydrogen-bond donors (Lipinski definition) is 1. The zero-order chi connectivity index (χ0) is 19.1. The highest BCUT2D eigenvalue weighted by molar-refractivity contribution is 6.04. The minimum Gasteiger partial charge on any atom is -0.495 e. The second-order valence-corrected chi connectivity index (χ2v) is 5.93. The van der Waals surface area contributed by atoms with Gasteiger partial charge in [0.15, 0.2) is 0 Å². The summed E-state index contributed by atoms with van der Waals surface area (Å²) in [7, 11) is 1.56. The van der Waals surface area contributed by atoms with Gasteiger partial charge in [0.05, 0.1) is 18.4 Å². The van der Waals surface area contributed by atoms with E-state index in [9.17, 15) is 4.79 Å². The van der Waals surface area contributed by atoms with E-state index in [0.717, 1.165) is 6.54 Å². The summed E-state index contributed by atoms with van der Waals surface area (Å²) >= 11 is 0. The topological polar surface area (TPSA) is 67.4 Å². The second-order valence-electron chi connectivity index (χ2n) is 5.93. The lowest BCUT2D eigenvalue weighted by atomic mass is 10.2. The first-order chi connectivity index (χ1) is 13.2. The summed E-state index contributed by atoms with van der Waals surface area (Å²) in [6.07, 6.45) is 3.08. The average Bonchev–Trinajstić information content (AvgIpc) is 2.73. The van der Waals surface area contributed by atoms with E-state index in [1.54, 1.807) is 31.6 Å². The van der Waals surface area contributed by atoms with Crippen LogP contribution < -0.4 is 15.0 Å². The molecular formula is C21H22N4O2. The van der Waals surface area contributed by atoms with E-state index in [4.69, 9.17) is 4.74 Å².